The van der Waals surface area contributed by atoms with Crippen LogP contribution in [0.25, 0.3) is 0 Å². The van der Waals surface area contributed by atoms with Crippen LogP contribution in [0.3, 0.4) is 0 Å². The Kier molecular flexibility index (Phi) is 5.08. The number of aromatic nitrogens is 2. The maximum Gasteiger partial charge on any atom is 0.348 e. The monoisotopic (exact) mass is 310 g/mol. The summed E-state index contributed by atoms with van der Waals surface area (Å²) in [7, 11) is 0. The highest BCUT2D eigenvalue weighted by molar-refractivity contribution is 7.99. The summed E-state index contributed by atoms with van der Waals surface area (Å²) in [6, 6.07) is 0.155. The van der Waals surface area contributed by atoms with E-state index in [2.05, 4.69) is 11.9 Å². The molecule has 5 nitrogen and oxygen atoms in total. The highest BCUT2D eigenvalue weighted by Crippen LogP contribution is 2.37. The van der Waals surface area contributed by atoms with Crippen molar-refractivity contribution in [1.29, 1.82) is 0 Å². The van der Waals surface area contributed by atoms with Crippen molar-refractivity contribution in [2.75, 3.05) is 5.75 Å². The molecule has 0 aromatic carbocycles. The number of carbonyl (C=O) groups is 1. The van der Waals surface area contributed by atoms with Crippen molar-refractivity contribution in [1.82, 2.24) is 9.55 Å². The van der Waals surface area contributed by atoms with E-state index in [4.69, 9.17) is 5.11 Å². The molecule has 1 heterocycles. The quantitative estimate of drug-likeness (QED) is 0.903. The van der Waals surface area contributed by atoms with E-state index in [1.165, 1.54) is 0 Å². The van der Waals surface area contributed by atoms with Gasteiger partial charge in [0.25, 0.3) is 0 Å². The van der Waals surface area contributed by atoms with Gasteiger partial charge in [0.2, 0.25) is 0 Å². The highest BCUT2D eigenvalue weighted by Gasteiger charge is 2.28. The summed E-state index contributed by atoms with van der Waals surface area (Å²) in [5, 5.41) is 9.63. The van der Waals surface area contributed by atoms with Crippen molar-refractivity contribution in [3.8, 4) is 0 Å². The number of aliphatic carboxylic acids is 1. The lowest BCUT2D eigenvalue weighted by atomic mass is 10.1. The first-order valence-electron chi connectivity index (χ1n) is 7.36. The van der Waals surface area contributed by atoms with Crippen molar-refractivity contribution in [2.45, 2.75) is 57.7 Å². The predicted molar refractivity (Wildman–Crippen MR) is 84.1 cm³/mol. The fourth-order valence-corrected chi connectivity index (χ4v) is 4.32. The third-order valence-electron chi connectivity index (χ3n) is 4.16. The molecule has 2 atom stereocenters. The molecule has 1 fully saturated rings. The SMILES string of the molecule is CCSC1CCC(n2c(C)c(CC(=O)O)c(C)nc2=O)C1. The Morgan fingerprint density at radius 1 is 1.43 bits per heavy atom. The zero-order valence-corrected chi connectivity index (χ0v) is 13.6. The van der Waals surface area contributed by atoms with E-state index in [0.29, 0.717) is 16.5 Å². The molecule has 1 aromatic rings. The van der Waals surface area contributed by atoms with Gasteiger partial charge >= 0.3 is 11.7 Å². The van der Waals surface area contributed by atoms with Crippen LogP contribution in [-0.4, -0.2) is 31.6 Å². The number of aryl methyl sites for hydroxylation is 1. The molecule has 2 rings (SSSR count). The van der Waals surface area contributed by atoms with Gasteiger partial charge in [-0.15, -0.1) is 0 Å². The molecular formula is C15H22N2O3S. The predicted octanol–water partition coefficient (Wildman–Crippen LogP) is 2.33. The largest absolute Gasteiger partial charge is 0.481 e. The van der Waals surface area contributed by atoms with Crippen molar-refractivity contribution >= 4 is 17.7 Å². The van der Waals surface area contributed by atoms with Crippen LogP contribution in [-0.2, 0) is 11.2 Å². The molecule has 0 amide bonds. The van der Waals surface area contributed by atoms with Crippen molar-refractivity contribution in [3.63, 3.8) is 0 Å². The molecule has 2 unspecified atom stereocenters. The first kappa shape index (κ1) is 16.1. The van der Waals surface area contributed by atoms with E-state index in [1.54, 1.807) is 11.5 Å². The van der Waals surface area contributed by atoms with Gasteiger partial charge < -0.3 is 5.11 Å². The van der Waals surface area contributed by atoms with Crippen LogP contribution in [0.4, 0.5) is 0 Å². The first-order chi connectivity index (χ1) is 9.93. The summed E-state index contributed by atoms with van der Waals surface area (Å²) in [6.07, 6.45) is 2.97. The molecule has 21 heavy (non-hydrogen) atoms. The second-order valence-electron chi connectivity index (χ2n) is 5.53. The van der Waals surface area contributed by atoms with E-state index >= 15 is 0 Å². The Balaban J connectivity index is 2.36. The lowest BCUT2D eigenvalue weighted by molar-refractivity contribution is -0.136. The van der Waals surface area contributed by atoms with Gasteiger partial charge in [0, 0.05) is 28.2 Å². The third-order valence-corrected chi connectivity index (χ3v) is 5.39. The maximum absolute atomic E-state index is 12.2. The Morgan fingerprint density at radius 3 is 2.76 bits per heavy atom. The molecule has 0 saturated heterocycles. The van der Waals surface area contributed by atoms with Crippen LogP contribution in [0.1, 0.15) is 49.2 Å². The average molecular weight is 310 g/mol. The molecule has 1 saturated carbocycles. The number of nitrogens with zero attached hydrogens (tertiary/aromatic N) is 2. The molecule has 1 aromatic heterocycles. The van der Waals surface area contributed by atoms with Gasteiger partial charge in [-0.3, -0.25) is 9.36 Å². The van der Waals surface area contributed by atoms with Gasteiger partial charge in [0.05, 0.1) is 6.42 Å². The van der Waals surface area contributed by atoms with Gasteiger partial charge in [-0.05, 0) is 38.9 Å². The number of rotatable bonds is 5. The van der Waals surface area contributed by atoms with Crippen molar-refractivity contribution in [2.24, 2.45) is 0 Å². The van der Waals surface area contributed by atoms with Crippen LogP contribution >= 0.6 is 11.8 Å². The van der Waals surface area contributed by atoms with Crippen molar-refractivity contribution in [3.05, 3.63) is 27.4 Å². The Hall–Kier alpha value is -1.30. The Morgan fingerprint density at radius 2 is 2.14 bits per heavy atom. The zero-order chi connectivity index (χ0) is 15.6. The Bertz CT molecular complexity index is 597. The fraction of sp³-hybridized carbons (Fsp3) is 0.667. The van der Waals surface area contributed by atoms with Gasteiger partial charge in [-0.25, -0.2) is 4.79 Å². The molecule has 0 aliphatic heterocycles. The molecular weight excluding hydrogens is 288 g/mol. The minimum atomic E-state index is -0.890. The van der Waals surface area contributed by atoms with Crippen LogP contribution < -0.4 is 5.69 Å². The topological polar surface area (TPSA) is 72.2 Å². The first-order valence-corrected chi connectivity index (χ1v) is 8.40. The van der Waals surface area contributed by atoms with Crippen molar-refractivity contribution < 1.29 is 9.90 Å². The van der Waals surface area contributed by atoms with E-state index in [9.17, 15) is 9.59 Å². The second-order valence-corrected chi connectivity index (χ2v) is 7.11. The van der Waals surface area contributed by atoms with Crippen LogP contribution in [0.15, 0.2) is 4.79 Å². The summed E-state index contributed by atoms with van der Waals surface area (Å²) in [5.74, 6) is 0.195. The van der Waals surface area contributed by atoms with Crippen LogP contribution in [0.2, 0.25) is 0 Å². The standard InChI is InChI=1S/C15H22N2O3S/c1-4-21-12-6-5-11(7-12)17-10(3)13(8-14(18)19)9(2)16-15(17)20/h11-12H,4-8H2,1-3H3,(H,18,19). The molecule has 1 N–H and O–H groups in total. The summed E-state index contributed by atoms with van der Waals surface area (Å²) < 4.78 is 1.72. The minimum absolute atomic E-state index is 0.0786. The molecule has 1 aliphatic carbocycles. The highest BCUT2D eigenvalue weighted by atomic mass is 32.2. The minimum Gasteiger partial charge on any atom is -0.481 e. The molecule has 1 aliphatic rings. The summed E-state index contributed by atoms with van der Waals surface area (Å²) in [6.45, 7) is 5.70. The van der Waals surface area contributed by atoms with E-state index < -0.39 is 5.97 Å². The van der Waals surface area contributed by atoms with E-state index in [1.807, 2.05) is 18.7 Å². The summed E-state index contributed by atoms with van der Waals surface area (Å²) in [4.78, 5) is 27.3. The number of thioether (sulfide) groups is 1. The van der Waals surface area contributed by atoms with Gasteiger partial charge in [0.15, 0.2) is 0 Å². The normalized spacial score (nSPS) is 21.7. The van der Waals surface area contributed by atoms with E-state index in [-0.39, 0.29) is 18.2 Å². The van der Waals surface area contributed by atoms with Crippen LogP contribution in [0.5, 0.6) is 0 Å². The van der Waals surface area contributed by atoms with Gasteiger partial charge in [-0.1, -0.05) is 6.92 Å². The maximum atomic E-state index is 12.2. The number of carboxylic acids is 1. The summed E-state index contributed by atoms with van der Waals surface area (Å²) in [5.41, 5.74) is 1.73. The Labute approximate surface area is 128 Å². The van der Waals surface area contributed by atoms with E-state index in [0.717, 1.165) is 30.7 Å². The lowest BCUT2D eigenvalue weighted by Crippen LogP contribution is -2.31. The third kappa shape index (κ3) is 3.48. The molecule has 0 spiro atoms. The lowest BCUT2D eigenvalue weighted by Gasteiger charge is -2.20. The molecule has 6 heteroatoms. The number of carboxylic acid groups (broad SMARTS) is 1. The molecule has 0 bridgehead atoms. The smallest absolute Gasteiger partial charge is 0.348 e. The van der Waals surface area contributed by atoms with Gasteiger partial charge in [-0.2, -0.15) is 16.7 Å². The average Bonchev–Trinajstić information content (AvgIpc) is 2.83. The van der Waals surface area contributed by atoms with Crippen LogP contribution in [0, 0.1) is 13.8 Å². The summed E-state index contributed by atoms with van der Waals surface area (Å²) >= 11 is 1.94. The second kappa shape index (κ2) is 6.64. The molecule has 116 valence electrons. The number of hydrogen-bond acceptors (Lipinski definition) is 4. The van der Waals surface area contributed by atoms with Gasteiger partial charge in [0.1, 0.15) is 0 Å². The number of hydrogen-bond donors (Lipinski definition) is 1. The fourth-order valence-electron chi connectivity index (χ4n) is 3.19. The molecule has 0 radical (unpaired) electrons. The zero-order valence-electron chi connectivity index (χ0n) is 12.8.